The van der Waals surface area contributed by atoms with Crippen LogP contribution in [0.15, 0.2) is 22.7 Å². The number of ether oxygens (including phenoxy) is 2. The van der Waals surface area contributed by atoms with E-state index < -0.39 is 23.8 Å². The van der Waals surface area contributed by atoms with Gasteiger partial charge in [-0.1, -0.05) is 44.2 Å². The minimum atomic E-state index is -0.791. The zero-order valence-electron chi connectivity index (χ0n) is 21.2. The number of aliphatic hydroxyl groups excluding tert-OH is 1. The van der Waals surface area contributed by atoms with Gasteiger partial charge in [-0.25, -0.2) is 4.79 Å². The van der Waals surface area contributed by atoms with E-state index in [9.17, 15) is 9.90 Å². The van der Waals surface area contributed by atoms with Crippen molar-refractivity contribution in [2.45, 2.75) is 97.3 Å². The molecule has 1 fully saturated rings. The van der Waals surface area contributed by atoms with Gasteiger partial charge in [0.15, 0.2) is 0 Å². The molecule has 1 N–H and O–H groups in total. The van der Waals surface area contributed by atoms with Crippen molar-refractivity contribution in [2.75, 3.05) is 13.2 Å². The number of amides is 1. The summed E-state index contributed by atoms with van der Waals surface area (Å²) in [7, 11) is 0. The summed E-state index contributed by atoms with van der Waals surface area (Å²) >= 11 is 0. The monoisotopic (exact) mass is 473 g/mol. The highest BCUT2D eigenvalue weighted by Gasteiger charge is 2.42. The normalized spacial score (nSPS) is 18.4. The molecule has 34 heavy (non-hydrogen) atoms. The van der Waals surface area contributed by atoms with Crippen LogP contribution >= 0.6 is 0 Å². The van der Waals surface area contributed by atoms with Crippen LogP contribution in [0.5, 0.6) is 5.75 Å². The first kappa shape index (κ1) is 26.0. The maximum atomic E-state index is 12.6. The zero-order valence-corrected chi connectivity index (χ0v) is 21.2. The van der Waals surface area contributed by atoms with E-state index in [0.29, 0.717) is 25.4 Å². The second kappa shape index (κ2) is 11.7. The van der Waals surface area contributed by atoms with E-state index in [1.165, 1.54) is 37.0 Å². The Morgan fingerprint density at radius 3 is 2.65 bits per heavy atom. The molecule has 188 valence electrons. The van der Waals surface area contributed by atoms with E-state index in [4.69, 9.17) is 14.0 Å². The molecule has 0 spiro atoms. The third-order valence-electron chi connectivity index (χ3n) is 5.88. The summed E-state index contributed by atoms with van der Waals surface area (Å²) in [6.45, 7) is 10.7. The Balaban J connectivity index is 1.62. The first-order chi connectivity index (χ1) is 16.2. The zero-order chi connectivity index (χ0) is 24.7. The molecular weight excluding hydrogens is 434 g/mol. The molecule has 1 aliphatic heterocycles. The number of carbonyl (C=O) groups excluding carboxylic acids is 1. The van der Waals surface area contributed by atoms with E-state index >= 15 is 0 Å². The van der Waals surface area contributed by atoms with Crippen molar-refractivity contribution in [3.63, 3.8) is 0 Å². The number of aliphatic hydroxyl groups is 1. The standard InChI is InChI=1S/C26H39N3O5/c1-6-7-8-9-10-11-16-32-21-13-12-19(17-18(21)2)23-27-24(34-28-23)22-20(30)14-15-29(22)25(31)33-26(3,4)5/h12-13,17,20,22,30H,6-11,14-16H2,1-5H3/t20-,22+/m1/s1. The molecule has 8 nitrogen and oxygen atoms in total. The number of aryl methyl sites for hydroxylation is 1. The first-order valence-corrected chi connectivity index (χ1v) is 12.4. The summed E-state index contributed by atoms with van der Waals surface area (Å²) in [5.41, 5.74) is 1.15. The number of hydrogen-bond acceptors (Lipinski definition) is 7. The molecule has 2 atom stereocenters. The quantitative estimate of drug-likeness (QED) is 0.434. The highest BCUT2D eigenvalue weighted by molar-refractivity contribution is 5.69. The molecule has 0 aliphatic carbocycles. The van der Waals surface area contributed by atoms with Gasteiger partial charge in [-0.05, 0) is 64.3 Å². The topological polar surface area (TPSA) is 97.9 Å². The fraction of sp³-hybridized carbons (Fsp3) is 0.654. The molecule has 3 rings (SSSR count). The van der Waals surface area contributed by atoms with Crippen molar-refractivity contribution in [2.24, 2.45) is 0 Å². The summed E-state index contributed by atoms with van der Waals surface area (Å²) < 4.78 is 16.9. The van der Waals surface area contributed by atoms with Crippen molar-refractivity contribution in [1.82, 2.24) is 15.0 Å². The lowest BCUT2D eigenvalue weighted by Gasteiger charge is -2.27. The summed E-state index contributed by atoms with van der Waals surface area (Å²) in [5, 5.41) is 14.6. The van der Waals surface area contributed by atoms with Crippen LogP contribution in [0.2, 0.25) is 0 Å². The SMILES string of the molecule is CCCCCCCCOc1ccc(-c2noc([C@@H]3[C@H](O)CCN3C(=O)OC(C)(C)C)n2)cc1C. The lowest BCUT2D eigenvalue weighted by Crippen LogP contribution is -2.38. The molecule has 1 amide bonds. The number of unbranched alkanes of at least 4 members (excludes halogenated alkanes) is 5. The van der Waals surface area contributed by atoms with E-state index in [0.717, 1.165) is 23.3 Å². The van der Waals surface area contributed by atoms with Gasteiger partial charge in [-0.3, -0.25) is 4.90 Å². The van der Waals surface area contributed by atoms with Crippen LogP contribution in [0, 0.1) is 6.92 Å². The number of aromatic nitrogens is 2. The second-order valence-electron chi connectivity index (χ2n) is 10.0. The summed E-state index contributed by atoms with van der Waals surface area (Å²) in [6.07, 6.45) is 6.49. The van der Waals surface area contributed by atoms with Gasteiger partial charge in [0, 0.05) is 12.1 Å². The molecule has 0 saturated carbocycles. The Labute approximate surface area is 202 Å². The molecule has 0 radical (unpaired) electrons. The van der Waals surface area contributed by atoms with Crippen molar-refractivity contribution in [3.8, 4) is 17.1 Å². The highest BCUT2D eigenvalue weighted by atomic mass is 16.6. The van der Waals surface area contributed by atoms with Crippen molar-refractivity contribution < 1.29 is 23.9 Å². The molecule has 1 aromatic carbocycles. The highest BCUT2D eigenvalue weighted by Crippen LogP contribution is 2.34. The second-order valence-corrected chi connectivity index (χ2v) is 10.0. The van der Waals surface area contributed by atoms with Crippen molar-refractivity contribution in [3.05, 3.63) is 29.7 Å². The van der Waals surface area contributed by atoms with Gasteiger partial charge in [0.1, 0.15) is 17.4 Å². The van der Waals surface area contributed by atoms with Crippen LogP contribution in [0.1, 0.15) is 90.1 Å². The Hall–Kier alpha value is -2.61. The van der Waals surface area contributed by atoms with Gasteiger partial charge >= 0.3 is 6.09 Å². The Morgan fingerprint density at radius 1 is 1.21 bits per heavy atom. The van der Waals surface area contributed by atoms with Gasteiger partial charge in [-0.2, -0.15) is 4.98 Å². The lowest BCUT2D eigenvalue weighted by atomic mass is 10.1. The predicted octanol–water partition coefficient (Wildman–Crippen LogP) is 5.83. The molecule has 2 heterocycles. The van der Waals surface area contributed by atoms with Crippen LogP contribution < -0.4 is 4.74 Å². The fourth-order valence-electron chi connectivity index (χ4n) is 4.09. The average molecular weight is 474 g/mol. The summed E-state index contributed by atoms with van der Waals surface area (Å²) in [5.74, 6) is 1.46. The number of likely N-dealkylation sites (tertiary alicyclic amines) is 1. The Morgan fingerprint density at radius 2 is 1.94 bits per heavy atom. The minimum Gasteiger partial charge on any atom is -0.493 e. The molecule has 1 aromatic heterocycles. The van der Waals surface area contributed by atoms with Crippen LogP contribution in [0.4, 0.5) is 4.79 Å². The van der Waals surface area contributed by atoms with Crippen molar-refractivity contribution in [1.29, 1.82) is 0 Å². The summed E-state index contributed by atoms with van der Waals surface area (Å²) in [6, 6.07) is 5.06. The van der Waals surface area contributed by atoms with Gasteiger partial charge in [-0.15, -0.1) is 0 Å². The maximum Gasteiger partial charge on any atom is 0.411 e. The number of nitrogens with zero attached hydrogens (tertiary/aromatic N) is 3. The largest absolute Gasteiger partial charge is 0.493 e. The van der Waals surface area contributed by atoms with E-state index in [1.807, 2.05) is 25.1 Å². The molecule has 1 saturated heterocycles. The minimum absolute atomic E-state index is 0.201. The smallest absolute Gasteiger partial charge is 0.411 e. The molecule has 2 aromatic rings. The van der Waals surface area contributed by atoms with E-state index in [2.05, 4.69) is 17.1 Å². The van der Waals surface area contributed by atoms with E-state index in [-0.39, 0.29) is 5.89 Å². The van der Waals surface area contributed by atoms with Gasteiger partial charge in [0.05, 0.1) is 12.7 Å². The predicted molar refractivity (Wildman–Crippen MR) is 130 cm³/mol. The van der Waals surface area contributed by atoms with Crippen LogP contribution in [-0.2, 0) is 4.74 Å². The number of benzene rings is 1. The molecule has 8 heteroatoms. The molecular formula is C26H39N3O5. The number of rotatable bonds is 10. The third-order valence-corrected chi connectivity index (χ3v) is 5.88. The Kier molecular flexibility index (Phi) is 8.94. The van der Waals surface area contributed by atoms with Crippen LogP contribution in [0.25, 0.3) is 11.4 Å². The van der Waals surface area contributed by atoms with Crippen molar-refractivity contribution >= 4 is 6.09 Å². The van der Waals surface area contributed by atoms with Gasteiger partial charge < -0.3 is 19.1 Å². The van der Waals surface area contributed by atoms with Gasteiger partial charge in [0.25, 0.3) is 5.89 Å². The lowest BCUT2D eigenvalue weighted by molar-refractivity contribution is 0.0107. The molecule has 0 unspecified atom stereocenters. The van der Waals surface area contributed by atoms with E-state index in [1.54, 1.807) is 20.8 Å². The maximum absolute atomic E-state index is 12.6. The Bertz CT molecular complexity index is 937. The first-order valence-electron chi connectivity index (χ1n) is 12.4. The third kappa shape index (κ3) is 6.95. The summed E-state index contributed by atoms with van der Waals surface area (Å²) in [4.78, 5) is 18.6. The average Bonchev–Trinajstić information content (AvgIpc) is 3.39. The van der Waals surface area contributed by atoms with Crippen LogP contribution in [-0.4, -0.2) is 51.1 Å². The molecule has 0 bridgehead atoms. The number of carbonyl (C=O) groups is 1. The fourth-order valence-corrected chi connectivity index (χ4v) is 4.09. The van der Waals surface area contributed by atoms with Gasteiger partial charge in [0.2, 0.25) is 5.82 Å². The van der Waals surface area contributed by atoms with Crippen LogP contribution in [0.3, 0.4) is 0 Å². The number of hydrogen-bond donors (Lipinski definition) is 1. The molecule has 1 aliphatic rings.